The van der Waals surface area contributed by atoms with Gasteiger partial charge in [-0.15, -0.1) is 10.2 Å². The highest BCUT2D eigenvalue weighted by Crippen LogP contribution is 2.19. The van der Waals surface area contributed by atoms with Crippen LogP contribution in [0.4, 0.5) is 0 Å². The second-order valence-corrected chi connectivity index (χ2v) is 8.14. The first-order chi connectivity index (χ1) is 14.4. The molecule has 0 unspecified atom stereocenters. The fourth-order valence-corrected chi connectivity index (χ4v) is 3.93. The van der Waals surface area contributed by atoms with Gasteiger partial charge in [0.2, 0.25) is 11.8 Å². The molecule has 158 valence electrons. The zero-order chi connectivity index (χ0) is 21.7. The molecule has 3 aromatic rings. The number of aryl methyl sites for hydroxylation is 2. The lowest BCUT2D eigenvalue weighted by atomic mass is 10.2. The van der Waals surface area contributed by atoms with Crippen LogP contribution in [0.25, 0.3) is 5.78 Å². The summed E-state index contributed by atoms with van der Waals surface area (Å²) in [4.78, 5) is 30.8. The number of carbonyl (C=O) groups excluding carboxylic acids is 2. The van der Waals surface area contributed by atoms with Crippen molar-refractivity contribution < 1.29 is 9.59 Å². The summed E-state index contributed by atoms with van der Waals surface area (Å²) in [5, 5.41) is 12.3. The Labute approximate surface area is 184 Å². The molecule has 0 radical (unpaired) electrons. The zero-order valence-corrected chi connectivity index (χ0v) is 18.6. The SMILES string of the molecule is CCN(CC(=O)NCc1ccc(Cl)cc1)C(=O)CSc1nnc2nc(C)cc(C)n12. The maximum atomic E-state index is 12.6. The van der Waals surface area contributed by atoms with E-state index in [1.165, 1.54) is 16.7 Å². The van der Waals surface area contributed by atoms with Crippen molar-refractivity contribution in [2.24, 2.45) is 0 Å². The average molecular weight is 447 g/mol. The molecule has 1 N–H and O–H groups in total. The summed E-state index contributed by atoms with van der Waals surface area (Å²) < 4.78 is 1.82. The molecule has 2 aromatic heterocycles. The number of hydrogen-bond donors (Lipinski definition) is 1. The first kappa shape index (κ1) is 22.0. The summed E-state index contributed by atoms with van der Waals surface area (Å²) in [6, 6.07) is 9.18. The number of aromatic nitrogens is 4. The van der Waals surface area contributed by atoms with E-state index in [2.05, 4.69) is 20.5 Å². The van der Waals surface area contributed by atoms with E-state index in [0.29, 0.717) is 29.0 Å². The Morgan fingerprint density at radius 2 is 1.93 bits per heavy atom. The van der Waals surface area contributed by atoms with Gasteiger partial charge in [0.05, 0.1) is 12.3 Å². The third kappa shape index (κ3) is 5.48. The van der Waals surface area contributed by atoms with Crippen LogP contribution < -0.4 is 5.32 Å². The van der Waals surface area contributed by atoms with Crippen molar-refractivity contribution in [1.29, 1.82) is 0 Å². The number of nitrogens with zero attached hydrogens (tertiary/aromatic N) is 5. The Bertz CT molecular complexity index is 1050. The van der Waals surface area contributed by atoms with Gasteiger partial charge in [-0.1, -0.05) is 35.5 Å². The Morgan fingerprint density at radius 3 is 2.63 bits per heavy atom. The van der Waals surface area contributed by atoms with E-state index in [-0.39, 0.29) is 24.1 Å². The molecule has 0 bridgehead atoms. The second-order valence-electron chi connectivity index (χ2n) is 6.76. The van der Waals surface area contributed by atoms with E-state index in [1.54, 1.807) is 12.1 Å². The van der Waals surface area contributed by atoms with Crippen molar-refractivity contribution in [2.75, 3.05) is 18.8 Å². The minimum Gasteiger partial charge on any atom is -0.350 e. The number of amides is 2. The van der Waals surface area contributed by atoms with Gasteiger partial charge in [0, 0.05) is 29.5 Å². The second kappa shape index (κ2) is 9.90. The van der Waals surface area contributed by atoms with Gasteiger partial charge in [-0.25, -0.2) is 4.98 Å². The largest absolute Gasteiger partial charge is 0.350 e. The van der Waals surface area contributed by atoms with Crippen molar-refractivity contribution >= 4 is 41.0 Å². The highest BCUT2D eigenvalue weighted by Gasteiger charge is 2.18. The number of likely N-dealkylation sites (N-methyl/N-ethyl adjacent to an activating group) is 1. The molecule has 0 fully saturated rings. The predicted molar refractivity (Wildman–Crippen MR) is 117 cm³/mol. The molecule has 0 saturated heterocycles. The molecule has 2 amide bonds. The molecule has 0 aliphatic rings. The van der Waals surface area contributed by atoms with Crippen LogP contribution in [0, 0.1) is 13.8 Å². The van der Waals surface area contributed by atoms with Crippen LogP contribution in [0.5, 0.6) is 0 Å². The van der Waals surface area contributed by atoms with Gasteiger partial charge >= 0.3 is 0 Å². The first-order valence-electron chi connectivity index (χ1n) is 9.48. The number of hydrogen-bond acceptors (Lipinski definition) is 6. The molecule has 1 aromatic carbocycles. The van der Waals surface area contributed by atoms with E-state index in [9.17, 15) is 9.59 Å². The van der Waals surface area contributed by atoms with Crippen LogP contribution in [0.3, 0.4) is 0 Å². The smallest absolute Gasteiger partial charge is 0.256 e. The van der Waals surface area contributed by atoms with E-state index in [4.69, 9.17) is 11.6 Å². The third-order valence-corrected chi connectivity index (χ3v) is 5.63. The Hall–Kier alpha value is -2.65. The summed E-state index contributed by atoms with van der Waals surface area (Å²) in [5.41, 5.74) is 2.75. The number of halogens is 1. The highest BCUT2D eigenvalue weighted by atomic mass is 35.5. The summed E-state index contributed by atoms with van der Waals surface area (Å²) >= 11 is 7.15. The first-order valence-corrected chi connectivity index (χ1v) is 10.8. The summed E-state index contributed by atoms with van der Waals surface area (Å²) in [6.07, 6.45) is 0. The van der Waals surface area contributed by atoms with Crippen LogP contribution in [-0.2, 0) is 16.1 Å². The monoisotopic (exact) mass is 446 g/mol. The molecule has 0 aliphatic heterocycles. The molecule has 0 aliphatic carbocycles. The number of fused-ring (bicyclic) bond motifs is 1. The molecule has 30 heavy (non-hydrogen) atoms. The van der Waals surface area contributed by atoms with Crippen LogP contribution in [0.2, 0.25) is 5.02 Å². The van der Waals surface area contributed by atoms with Crippen LogP contribution >= 0.6 is 23.4 Å². The average Bonchev–Trinajstić information content (AvgIpc) is 3.12. The molecular weight excluding hydrogens is 424 g/mol. The van der Waals surface area contributed by atoms with Gasteiger partial charge in [0.1, 0.15) is 0 Å². The van der Waals surface area contributed by atoms with Crippen molar-refractivity contribution in [1.82, 2.24) is 29.8 Å². The lowest BCUT2D eigenvalue weighted by Crippen LogP contribution is -2.41. The quantitative estimate of drug-likeness (QED) is 0.535. The van der Waals surface area contributed by atoms with Crippen LogP contribution in [0.1, 0.15) is 23.9 Å². The fraction of sp³-hybridized carbons (Fsp3) is 0.350. The number of benzene rings is 1. The highest BCUT2D eigenvalue weighted by molar-refractivity contribution is 7.99. The molecule has 0 saturated carbocycles. The Morgan fingerprint density at radius 1 is 1.20 bits per heavy atom. The van der Waals surface area contributed by atoms with Gasteiger partial charge in [0.15, 0.2) is 5.16 Å². The zero-order valence-electron chi connectivity index (χ0n) is 17.1. The third-order valence-electron chi connectivity index (χ3n) is 4.46. The Kier molecular flexibility index (Phi) is 7.28. The maximum absolute atomic E-state index is 12.6. The fourth-order valence-electron chi connectivity index (χ4n) is 2.92. The number of thioether (sulfide) groups is 1. The van der Waals surface area contributed by atoms with Crippen molar-refractivity contribution in [2.45, 2.75) is 32.5 Å². The maximum Gasteiger partial charge on any atom is 0.256 e. The van der Waals surface area contributed by atoms with Gasteiger partial charge in [-0.3, -0.25) is 14.0 Å². The van der Waals surface area contributed by atoms with E-state index in [0.717, 1.165) is 17.0 Å². The number of carbonyl (C=O) groups is 2. The number of nitrogens with one attached hydrogen (secondary N) is 1. The Balaban J connectivity index is 1.54. The number of rotatable bonds is 8. The molecule has 10 heteroatoms. The van der Waals surface area contributed by atoms with E-state index in [1.807, 2.05) is 43.4 Å². The summed E-state index contributed by atoms with van der Waals surface area (Å²) in [7, 11) is 0. The van der Waals surface area contributed by atoms with Gasteiger partial charge in [-0.05, 0) is 44.5 Å². The van der Waals surface area contributed by atoms with Crippen molar-refractivity contribution in [3.05, 3.63) is 52.3 Å². The predicted octanol–water partition coefficient (Wildman–Crippen LogP) is 2.65. The van der Waals surface area contributed by atoms with Gasteiger partial charge in [-0.2, -0.15) is 0 Å². The minimum atomic E-state index is -0.214. The molecule has 0 atom stereocenters. The lowest BCUT2D eigenvalue weighted by molar-refractivity contribution is -0.133. The summed E-state index contributed by atoms with van der Waals surface area (Å²) in [6.45, 7) is 6.51. The summed E-state index contributed by atoms with van der Waals surface area (Å²) in [5.74, 6) is 0.315. The van der Waals surface area contributed by atoms with Gasteiger partial charge < -0.3 is 10.2 Å². The molecule has 3 rings (SSSR count). The van der Waals surface area contributed by atoms with Gasteiger partial charge in [0.25, 0.3) is 5.78 Å². The van der Waals surface area contributed by atoms with Crippen LogP contribution in [-0.4, -0.2) is 55.1 Å². The van der Waals surface area contributed by atoms with Crippen LogP contribution in [0.15, 0.2) is 35.5 Å². The standard InChI is InChI=1S/C20H23ClN6O2S/c1-4-26(11-17(28)22-10-15-5-7-16(21)8-6-15)18(29)12-30-20-25-24-19-23-13(2)9-14(3)27(19)20/h5-9H,4,10-12H2,1-3H3,(H,22,28). The molecule has 2 heterocycles. The van der Waals surface area contributed by atoms with E-state index < -0.39 is 0 Å². The molecular formula is C20H23ClN6O2S. The van der Waals surface area contributed by atoms with Crippen molar-refractivity contribution in [3.8, 4) is 0 Å². The normalized spacial score (nSPS) is 10.9. The minimum absolute atomic E-state index is 0.00381. The topological polar surface area (TPSA) is 92.5 Å². The lowest BCUT2D eigenvalue weighted by Gasteiger charge is -2.20. The van der Waals surface area contributed by atoms with Crippen molar-refractivity contribution in [3.63, 3.8) is 0 Å². The molecule has 0 spiro atoms. The molecule has 8 nitrogen and oxygen atoms in total. The van der Waals surface area contributed by atoms with E-state index >= 15 is 0 Å².